The van der Waals surface area contributed by atoms with E-state index in [1.807, 2.05) is 41.8 Å². The zero-order valence-corrected chi connectivity index (χ0v) is 19.7. The predicted molar refractivity (Wildman–Crippen MR) is 131 cm³/mol. The van der Waals surface area contributed by atoms with Gasteiger partial charge in [-0.2, -0.15) is 0 Å². The SMILES string of the molecule is CCOC(=O)NCCc1ccc(-c2csc(NC(N)=NCCc3ccccc3OC)n2)s1. The highest BCUT2D eigenvalue weighted by atomic mass is 32.1. The predicted octanol–water partition coefficient (Wildman–Crippen LogP) is 4.14. The molecule has 0 radical (unpaired) electrons. The largest absolute Gasteiger partial charge is 0.496 e. The van der Waals surface area contributed by atoms with Crippen molar-refractivity contribution in [3.05, 3.63) is 52.2 Å². The highest BCUT2D eigenvalue weighted by molar-refractivity contribution is 7.17. The molecule has 0 aliphatic carbocycles. The lowest BCUT2D eigenvalue weighted by Gasteiger charge is -2.06. The van der Waals surface area contributed by atoms with Gasteiger partial charge < -0.3 is 25.8 Å². The number of hydrogen-bond donors (Lipinski definition) is 3. The summed E-state index contributed by atoms with van der Waals surface area (Å²) in [5.41, 5.74) is 8.00. The Balaban J connectivity index is 1.49. The van der Waals surface area contributed by atoms with Crippen molar-refractivity contribution in [3.8, 4) is 16.3 Å². The first-order valence-electron chi connectivity index (χ1n) is 10.2. The lowest BCUT2D eigenvalue weighted by molar-refractivity contribution is 0.152. The number of aliphatic imine (C=N–C) groups is 1. The molecule has 32 heavy (non-hydrogen) atoms. The molecule has 8 nitrogen and oxygen atoms in total. The maximum atomic E-state index is 11.3. The van der Waals surface area contributed by atoms with E-state index in [0.717, 1.165) is 39.6 Å². The summed E-state index contributed by atoms with van der Waals surface area (Å²) >= 11 is 3.12. The van der Waals surface area contributed by atoms with E-state index in [9.17, 15) is 4.79 Å². The number of hydrogen-bond acceptors (Lipinski definition) is 7. The summed E-state index contributed by atoms with van der Waals surface area (Å²) in [6, 6.07) is 12.0. The van der Waals surface area contributed by atoms with Crippen LogP contribution in [-0.2, 0) is 17.6 Å². The molecular weight excluding hydrogens is 446 g/mol. The maximum Gasteiger partial charge on any atom is 0.407 e. The fourth-order valence-electron chi connectivity index (χ4n) is 2.92. The topological polar surface area (TPSA) is 111 Å². The zero-order chi connectivity index (χ0) is 22.8. The second-order valence-corrected chi connectivity index (χ2v) is 8.68. The number of nitrogens with two attached hydrogens (primary N) is 1. The number of amides is 1. The van der Waals surface area contributed by atoms with Gasteiger partial charge in [0, 0.05) is 23.3 Å². The molecule has 0 atom stereocenters. The van der Waals surface area contributed by atoms with Gasteiger partial charge in [0.2, 0.25) is 0 Å². The number of carbonyl (C=O) groups is 1. The molecule has 0 fully saturated rings. The molecule has 0 saturated heterocycles. The minimum Gasteiger partial charge on any atom is -0.496 e. The Hall–Kier alpha value is -3.11. The van der Waals surface area contributed by atoms with Crippen molar-refractivity contribution in [3.63, 3.8) is 0 Å². The standard InChI is InChI=1S/C22H27N5O3S2/c1-3-30-22(28)25-13-11-16-8-9-19(32-16)17-14-31-21(26-17)27-20(23)24-12-10-15-6-4-5-7-18(15)29-2/h4-9,14H,3,10-13H2,1-2H3,(H,25,28)(H3,23,24,26,27). The Labute approximate surface area is 195 Å². The van der Waals surface area contributed by atoms with Gasteiger partial charge in [0.15, 0.2) is 11.1 Å². The number of anilines is 1. The fourth-order valence-corrected chi connectivity index (χ4v) is 4.68. The van der Waals surface area contributed by atoms with Gasteiger partial charge >= 0.3 is 6.09 Å². The van der Waals surface area contributed by atoms with Crippen LogP contribution in [0, 0.1) is 0 Å². The highest BCUT2D eigenvalue weighted by Gasteiger charge is 2.09. The Morgan fingerprint density at radius 3 is 2.88 bits per heavy atom. The molecule has 0 saturated carbocycles. The first-order chi connectivity index (χ1) is 15.6. The van der Waals surface area contributed by atoms with Crippen molar-refractivity contribution in [2.45, 2.75) is 19.8 Å². The van der Waals surface area contributed by atoms with Crippen molar-refractivity contribution >= 4 is 39.9 Å². The first-order valence-corrected chi connectivity index (χ1v) is 11.9. The third kappa shape index (κ3) is 6.96. The van der Waals surface area contributed by atoms with E-state index in [4.69, 9.17) is 15.2 Å². The van der Waals surface area contributed by atoms with E-state index in [0.29, 0.717) is 30.8 Å². The number of benzene rings is 1. The van der Waals surface area contributed by atoms with Crippen molar-refractivity contribution in [1.29, 1.82) is 0 Å². The summed E-state index contributed by atoms with van der Waals surface area (Å²) in [6.45, 7) is 3.23. The summed E-state index contributed by atoms with van der Waals surface area (Å²) in [4.78, 5) is 22.6. The molecule has 3 rings (SSSR count). The molecule has 0 spiro atoms. The Kier molecular flexibility index (Phi) is 8.88. The lowest BCUT2D eigenvalue weighted by atomic mass is 10.1. The molecule has 2 heterocycles. The van der Waals surface area contributed by atoms with E-state index in [-0.39, 0.29) is 6.09 Å². The van der Waals surface area contributed by atoms with Gasteiger partial charge in [-0.15, -0.1) is 22.7 Å². The molecule has 10 heteroatoms. The Morgan fingerprint density at radius 2 is 2.06 bits per heavy atom. The molecule has 3 aromatic rings. The van der Waals surface area contributed by atoms with Crippen molar-refractivity contribution in [2.24, 2.45) is 10.7 Å². The molecule has 0 aliphatic rings. The third-order valence-electron chi connectivity index (χ3n) is 4.43. The highest BCUT2D eigenvalue weighted by Crippen LogP contribution is 2.31. The second-order valence-electron chi connectivity index (χ2n) is 6.65. The van der Waals surface area contributed by atoms with E-state index in [1.165, 1.54) is 11.3 Å². The average Bonchev–Trinajstić information content (AvgIpc) is 3.44. The molecule has 4 N–H and O–H groups in total. The number of methoxy groups -OCH3 is 1. The van der Waals surface area contributed by atoms with Crippen molar-refractivity contribution < 1.29 is 14.3 Å². The number of nitrogens with zero attached hydrogens (tertiary/aromatic N) is 2. The summed E-state index contributed by atoms with van der Waals surface area (Å²) in [7, 11) is 1.66. The van der Waals surface area contributed by atoms with Crippen LogP contribution in [0.5, 0.6) is 5.75 Å². The molecule has 0 aliphatic heterocycles. The number of thiophene rings is 1. The van der Waals surface area contributed by atoms with Gasteiger partial charge in [-0.25, -0.2) is 9.78 Å². The van der Waals surface area contributed by atoms with Crippen LogP contribution in [0.25, 0.3) is 10.6 Å². The summed E-state index contributed by atoms with van der Waals surface area (Å²) < 4.78 is 10.2. The number of thiazole rings is 1. The van der Waals surface area contributed by atoms with E-state index in [1.54, 1.807) is 25.4 Å². The van der Waals surface area contributed by atoms with Gasteiger partial charge in [-0.1, -0.05) is 18.2 Å². The number of ether oxygens (including phenoxy) is 2. The first kappa shape index (κ1) is 23.6. The zero-order valence-electron chi connectivity index (χ0n) is 18.1. The molecule has 1 amide bonds. The smallest absolute Gasteiger partial charge is 0.407 e. The fraction of sp³-hybridized carbons (Fsp3) is 0.318. The molecular formula is C22H27N5O3S2. The monoisotopic (exact) mass is 473 g/mol. The lowest BCUT2D eigenvalue weighted by Crippen LogP contribution is -2.26. The second kappa shape index (κ2) is 12.1. The number of carbonyl (C=O) groups excluding carboxylic acids is 1. The Bertz CT molecular complexity index is 1050. The normalized spacial score (nSPS) is 11.2. The number of guanidine groups is 1. The van der Waals surface area contributed by atoms with Gasteiger partial charge in [0.1, 0.15) is 5.75 Å². The number of aromatic nitrogens is 1. The quantitative estimate of drug-likeness (QED) is 0.301. The maximum absolute atomic E-state index is 11.3. The Morgan fingerprint density at radius 1 is 1.22 bits per heavy atom. The molecule has 170 valence electrons. The van der Waals surface area contributed by atoms with E-state index >= 15 is 0 Å². The van der Waals surface area contributed by atoms with Crippen LogP contribution < -0.4 is 21.1 Å². The number of para-hydroxylation sites is 1. The van der Waals surface area contributed by atoms with Gasteiger partial charge in [-0.05, 0) is 43.5 Å². The average molecular weight is 474 g/mol. The van der Waals surface area contributed by atoms with Crippen LogP contribution in [0.3, 0.4) is 0 Å². The minimum absolute atomic E-state index is 0.331. The molecule has 0 unspecified atom stereocenters. The van der Waals surface area contributed by atoms with E-state index in [2.05, 4.69) is 20.6 Å². The van der Waals surface area contributed by atoms with E-state index < -0.39 is 0 Å². The van der Waals surface area contributed by atoms with Crippen LogP contribution in [0.4, 0.5) is 9.93 Å². The van der Waals surface area contributed by atoms with Crippen molar-refractivity contribution in [1.82, 2.24) is 10.3 Å². The van der Waals surface area contributed by atoms with Crippen LogP contribution in [-0.4, -0.2) is 43.8 Å². The third-order valence-corrected chi connectivity index (χ3v) is 6.35. The summed E-state index contributed by atoms with van der Waals surface area (Å²) in [5, 5.41) is 8.46. The molecule has 1 aromatic carbocycles. The molecule has 2 aromatic heterocycles. The van der Waals surface area contributed by atoms with Crippen LogP contribution in [0.2, 0.25) is 0 Å². The van der Waals surface area contributed by atoms with Crippen LogP contribution in [0.15, 0.2) is 46.8 Å². The van der Waals surface area contributed by atoms with Crippen LogP contribution >= 0.6 is 22.7 Å². The van der Waals surface area contributed by atoms with Gasteiger partial charge in [0.05, 0.1) is 24.3 Å². The summed E-state index contributed by atoms with van der Waals surface area (Å²) in [6.07, 6.45) is 1.09. The van der Waals surface area contributed by atoms with Crippen LogP contribution in [0.1, 0.15) is 17.4 Å². The van der Waals surface area contributed by atoms with Gasteiger partial charge in [-0.3, -0.25) is 4.99 Å². The minimum atomic E-state index is -0.387. The number of rotatable bonds is 10. The number of nitrogens with one attached hydrogen (secondary N) is 2. The van der Waals surface area contributed by atoms with Crippen molar-refractivity contribution in [2.75, 3.05) is 32.1 Å². The number of alkyl carbamates (subject to hydrolysis) is 1. The molecule has 0 bridgehead atoms. The van der Waals surface area contributed by atoms with Gasteiger partial charge in [0.25, 0.3) is 0 Å². The summed E-state index contributed by atoms with van der Waals surface area (Å²) in [5.74, 6) is 1.18.